The number of nitrogens with one attached hydrogen (secondary N) is 1. The van der Waals surface area contributed by atoms with Gasteiger partial charge in [-0.1, -0.05) is 29.3 Å². The third-order valence-corrected chi connectivity index (χ3v) is 3.61. The smallest absolute Gasteiger partial charge is 0.258 e. The van der Waals surface area contributed by atoms with E-state index in [1.165, 1.54) is 12.1 Å². The number of halogens is 4. The van der Waals surface area contributed by atoms with Gasteiger partial charge >= 0.3 is 0 Å². The summed E-state index contributed by atoms with van der Waals surface area (Å²) in [5.74, 6) is -1.60. The Labute approximate surface area is 142 Å². The fourth-order valence-corrected chi connectivity index (χ4v) is 2.28. The van der Waals surface area contributed by atoms with Gasteiger partial charge in [-0.25, -0.2) is 8.78 Å². The molecule has 1 amide bonds. The van der Waals surface area contributed by atoms with E-state index >= 15 is 0 Å². The molecule has 122 valence electrons. The molecule has 0 bridgehead atoms. The summed E-state index contributed by atoms with van der Waals surface area (Å²) in [6.45, 7) is 1.27. The van der Waals surface area contributed by atoms with E-state index in [-0.39, 0.29) is 17.9 Å². The van der Waals surface area contributed by atoms with Crippen molar-refractivity contribution in [2.24, 2.45) is 0 Å². The van der Waals surface area contributed by atoms with Gasteiger partial charge in [-0.3, -0.25) is 4.79 Å². The SMILES string of the molecule is CC(NC(=O)COc1cc(Cl)ccc1Cl)c1ccc(F)cc1F. The molecule has 1 unspecified atom stereocenters. The van der Waals surface area contributed by atoms with Crippen LogP contribution in [-0.4, -0.2) is 12.5 Å². The van der Waals surface area contributed by atoms with Crippen molar-refractivity contribution in [2.45, 2.75) is 13.0 Å². The highest BCUT2D eigenvalue weighted by molar-refractivity contribution is 6.34. The first-order valence-electron chi connectivity index (χ1n) is 6.69. The van der Waals surface area contributed by atoms with Gasteiger partial charge in [0.1, 0.15) is 17.4 Å². The Morgan fingerprint density at radius 2 is 1.96 bits per heavy atom. The number of amides is 1. The molecule has 23 heavy (non-hydrogen) atoms. The second kappa shape index (κ2) is 7.62. The Morgan fingerprint density at radius 1 is 1.22 bits per heavy atom. The number of rotatable bonds is 5. The molecule has 0 aliphatic rings. The van der Waals surface area contributed by atoms with Crippen molar-refractivity contribution in [1.82, 2.24) is 5.32 Å². The largest absolute Gasteiger partial charge is 0.482 e. The fraction of sp³-hybridized carbons (Fsp3) is 0.188. The molecule has 0 aliphatic heterocycles. The average Bonchev–Trinajstić information content (AvgIpc) is 2.48. The number of hydrogen-bond donors (Lipinski definition) is 1. The predicted octanol–water partition coefficient (Wildman–Crippen LogP) is 4.53. The Hall–Kier alpha value is -1.85. The quantitative estimate of drug-likeness (QED) is 0.851. The Morgan fingerprint density at radius 3 is 2.65 bits per heavy atom. The van der Waals surface area contributed by atoms with Gasteiger partial charge in [0, 0.05) is 22.7 Å². The molecule has 0 saturated heterocycles. The summed E-state index contributed by atoms with van der Waals surface area (Å²) in [5, 5.41) is 3.30. The second-order valence-corrected chi connectivity index (χ2v) is 5.66. The van der Waals surface area contributed by atoms with Crippen molar-refractivity contribution in [3.63, 3.8) is 0 Å². The maximum absolute atomic E-state index is 13.6. The summed E-state index contributed by atoms with van der Waals surface area (Å²) in [6, 6.07) is 7.17. The molecule has 3 nitrogen and oxygen atoms in total. The molecular weight excluding hydrogens is 347 g/mol. The molecule has 2 aromatic carbocycles. The Balaban J connectivity index is 1.95. The summed E-state index contributed by atoms with van der Waals surface area (Å²) in [6.07, 6.45) is 0. The van der Waals surface area contributed by atoms with E-state index in [0.29, 0.717) is 10.0 Å². The lowest BCUT2D eigenvalue weighted by atomic mass is 10.1. The molecule has 2 aromatic rings. The topological polar surface area (TPSA) is 38.3 Å². The van der Waals surface area contributed by atoms with E-state index in [9.17, 15) is 13.6 Å². The highest BCUT2D eigenvalue weighted by atomic mass is 35.5. The predicted molar refractivity (Wildman–Crippen MR) is 84.9 cm³/mol. The van der Waals surface area contributed by atoms with Crippen LogP contribution in [0.2, 0.25) is 10.0 Å². The van der Waals surface area contributed by atoms with Gasteiger partial charge in [-0.05, 0) is 25.1 Å². The lowest BCUT2D eigenvalue weighted by Gasteiger charge is -2.16. The van der Waals surface area contributed by atoms with E-state index < -0.39 is 23.6 Å². The molecule has 0 saturated carbocycles. The van der Waals surface area contributed by atoms with Crippen molar-refractivity contribution in [3.05, 3.63) is 63.6 Å². The summed E-state index contributed by atoms with van der Waals surface area (Å²) in [7, 11) is 0. The molecule has 0 aromatic heterocycles. The minimum absolute atomic E-state index is 0.181. The molecule has 1 N–H and O–H groups in total. The van der Waals surface area contributed by atoms with Crippen molar-refractivity contribution < 1.29 is 18.3 Å². The summed E-state index contributed by atoms with van der Waals surface area (Å²) in [4.78, 5) is 11.9. The van der Waals surface area contributed by atoms with E-state index in [0.717, 1.165) is 12.1 Å². The van der Waals surface area contributed by atoms with Crippen LogP contribution in [0.5, 0.6) is 5.75 Å². The van der Waals surface area contributed by atoms with Gasteiger partial charge in [-0.15, -0.1) is 0 Å². The van der Waals surface area contributed by atoms with Crippen LogP contribution in [0.25, 0.3) is 0 Å². The molecule has 1 atom stereocenters. The molecule has 2 rings (SSSR count). The Bertz CT molecular complexity index is 725. The van der Waals surface area contributed by atoms with Crippen molar-refractivity contribution in [3.8, 4) is 5.75 Å². The molecule has 0 aliphatic carbocycles. The highest BCUT2D eigenvalue weighted by Gasteiger charge is 2.15. The molecule has 0 fully saturated rings. The fourth-order valence-electron chi connectivity index (χ4n) is 1.94. The van der Waals surface area contributed by atoms with Crippen LogP contribution in [0.15, 0.2) is 36.4 Å². The highest BCUT2D eigenvalue weighted by Crippen LogP contribution is 2.27. The average molecular weight is 360 g/mol. The van der Waals surface area contributed by atoms with Gasteiger partial charge in [-0.2, -0.15) is 0 Å². The van der Waals surface area contributed by atoms with E-state index in [1.807, 2.05) is 0 Å². The number of ether oxygens (including phenoxy) is 1. The summed E-state index contributed by atoms with van der Waals surface area (Å²) in [5.41, 5.74) is 0.181. The zero-order valence-electron chi connectivity index (χ0n) is 12.1. The number of benzene rings is 2. The standard InChI is InChI=1S/C16H13Cl2F2NO2/c1-9(12-4-3-11(19)7-14(12)20)21-16(22)8-23-15-6-10(17)2-5-13(15)18/h2-7,9H,8H2,1H3,(H,21,22). The minimum atomic E-state index is -0.725. The number of hydrogen-bond acceptors (Lipinski definition) is 2. The van der Waals surface area contributed by atoms with Crippen molar-refractivity contribution in [2.75, 3.05) is 6.61 Å². The monoisotopic (exact) mass is 359 g/mol. The van der Waals surface area contributed by atoms with Crippen LogP contribution < -0.4 is 10.1 Å². The maximum Gasteiger partial charge on any atom is 0.258 e. The molecule has 0 heterocycles. The molecule has 0 spiro atoms. The van der Waals surface area contributed by atoms with E-state index in [4.69, 9.17) is 27.9 Å². The van der Waals surface area contributed by atoms with Crippen molar-refractivity contribution in [1.29, 1.82) is 0 Å². The van der Waals surface area contributed by atoms with Gasteiger partial charge < -0.3 is 10.1 Å². The molecule has 0 radical (unpaired) electrons. The van der Waals surface area contributed by atoms with Crippen LogP contribution in [0.3, 0.4) is 0 Å². The lowest BCUT2D eigenvalue weighted by molar-refractivity contribution is -0.123. The van der Waals surface area contributed by atoms with Crippen LogP contribution >= 0.6 is 23.2 Å². The van der Waals surface area contributed by atoms with Crippen LogP contribution in [-0.2, 0) is 4.79 Å². The molecule has 7 heteroatoms. The first-order valence-corrected chi connectivity index (χ1v) is 7.44. The van der Waals surface area contributed by atoms with Gasteiger partial charge in [0.15, 0.2) is 6.61 Å². The first-order chi connectivity index (χ1) is 10.9. The first kappa shape index (κ1) is 17.5. The van der Waals surface area contributed by atoms with Crippen LogP contribution in [0.4, 0.5) is 8.78 Å². The van der Waals surface area contributed by atoms with Gasteiger partial charge in [0.25, 0.3) is 5.91 Å². The molecular formula is C16H13Cl2F2NO2. The minimum Gasteiger partial charge on any atom is -0.482 e. The Kier molecular flexibility index (Phi) is 5.80. The third-order valence-electron chi connectivity index (χ3n) is 3.06. The zero-order chi connectivity index (χ0) is 17.0. The third kappa shape index (κ3) is 4.81. The summed E-state index contributed by atoms with van der Waals surface area (Å²) >= 11 is 11.7. The van der Waals surface area contributed by atoms with Crippen LogP contribution in [0, 0.1) is 11.6 Å². The second-order valence-electron chi connectivity index (χ2n) is 4.82. The lowest BCUT2D eigenvalue weighted by Crippen LogP contribution is -2.31. The van der Waals surface area contributed by atoms with E-state index in [1.54, 1.807) is 19.1 Å². The number of carbonyl (C=O) groups excluding carboxylic acids is 1. The van der Waals surface area contributed by atoms with E-state index in [2.05, 4.69) is 5.32 Å². The zero-order valence-corrected chi connectivity index (χ0v) is 13.6. The van der Waals surface area contributed by atoms with Crippen molar-refractivity contribution >= 4 is 29.1 Å². The maximum atomic E-state index is 13.6. The van der Waals surface area contributed by atoms with Crippen LogP contribution in [0.1, 0.15) is 18.5 Å². The summed E-state index contributed by atoms with van der Waals surface area (Å²) < 4.78 is 31.8. The normalized spacial score (nSPS) is 11.9. The van der Waals surface area contributed by atoms with Gasteiger partial charge in [0.2, 0.25) is 0 Å². The number of carbonyl (C=O) groups is 1. The van der Waals surface area contributed by atoms with Gasteiger partial charge in [0.05, 0.1) is 11.1 Å².